The summed E-state index contributed by atoms with van der Waals surface area (Å²) in [6, 6.07) is 9.53. The second-order valence-corrected chi connectivity index (χ2v) is 9.80. The van der Waals surface area contributed by atoms with Crippen LogP contribution < -0.4 is 4.90 Å². The molecule has 164 valence electrons. The van der Waals surface area contributed by atoms with E-state index in [0.29, 0.717) is 31.2 Å². The lowest BCUT2D eigenvalue weighted by molar-refractivity contribution is 0.390. The van der Waals surface area contributed by atoms with Gasteiger partial charge in [-0.25, -0.2) is 18.4 Å². The Hall–Kier alpha value is -2.78. The van der Waals surface area contributed by atoms with Gasteiger partial charge in [-0.15, -0.1) is 0 Å². The third-order valence-corrected chi connectivity index (χ3v) is 7.63. The zero-order chi connectivity index (χ0) is 22.2. The molecule has 0 spiro atoms. The van der Waals surface area contributed by atoms with Crippen molar-refractivity contribution in [3.63, 3.8) is 0 Å². The van der Waals surface area contributed by atoms with Crippen LogP contribution >= 0.6 is 0 Å². The van der Waals surface area contributed by atoms with Gasteiger partial charge in [0.05, 0.1) is 17.4 Å². The fraction of sp³-hybridized carbons (Fsp3) is 0.409. The van der Waals surface area contributed by atoms with Gasteiger partial charge < -0.3 is 4.90 Å². The lowest BCUT2D eigenvalue weighted by Gasteiger charge is -2.26. The predicted octanol–water partition coefficient (Wildman–Crippen LogP) is 3.26. The Labute approximate surface area is 183 Å². The fourth-order valence-corrected chi connectivity index (χ4v) is 5.87. The average molecular weight is 441 g/mol. The first-order chi connectivity index (χ1) is 14.8. The summed E-state index contributed by atoms with van der Waals surface area (Å²) in [4.78, 5) is 11.4. The largest absolute Gasteiger partial charge is 0.347 e. The Morgan fingerprint density at radius 3 is 2.58 bits per heavy atom. The van der Waals surface area contributed by atoms with Crippen LogP contribution in [-0.2, 0) is 16.6 Å². The van der Waals surface area contributed by atoms with E-state index in [-0.39, 0.29) is 10.9 Å². The van der Waals surface area contributed by atoms with E-state index in [1.165, 1.54) is 0 Å². The number of aromatic nitrogens is 4. The lowest BCUT2D eigenvalue weighted by atomic mass is 10.0. The number of aryl methyl sites for hydroxylation is 2. The smallest absolute Gasteiger partial charge is 0.247 e. The van der Waals surface area contributed by atoms with Crippen molar-refractivity contribution in [1.29, 1.82) is 0 Å². The van der Waals surface area contributed by atoms with Crippen molar-refractivity contribution in [3.8, 4) is 11.1 Å². The number of hydrogen-bond donors (Lipinski definition) is 0. The van der Waals surface area contributed by atoms with E-state index >= 15 is 0 Å². The molecule has 0 radical (unpaired) electrons. The second kappa shape index (κ2) is 8.39. The van der Waals surface area contributed by atoms with E-state index in [0.717, 1.165) is 23.2 Å². The maximum Gasteiger partial charge on any atom is 0.247 e. The molecule has 0 bridgehead atoms. The summed E-state index contributed by atoms with van der Waals surface area (Å²) in [5.41, 5.74) is 3.10. The van der Waals surface area contributed by atoms with E-state index in [9.17, 15) is 8.42 Å². The molecule has 4 rings (SSSR count). The predicted molar refractivity (Wildman–Crippen MR) is 120 cm³/mol. The molecule has 1 fully saturated rings. The second-order valence-electron chi connectivity index (χ2n) is 7.94. The summed E-state index contributed by atoms with van der Waals surface area (Å²) in [6.07, 6.45) is 4.92. The lowest BCUT2D eigenvalue weighted by Crippen LogP contribution is -2.32. The quantitative estimate of drug-likeness (QED) is 0.585. The van der Waals surface area contributed by atoms with Gasteiger partial charge in [-0.3, -0.25) is 4.68 Å². The van der Waals surface area contributed by atoms with Crippen LogP contribution in [0.15, 0.2) is 47.6 Å². The van der Waals surface area contributed by atoms with Gasteiger partial charge >= 0.3 is 0 Å². The Balaban J connectivity index is 1.83. The minimum absolute atomic E-state index is 0.268. The van der Waals surface area contributed by atoms with Crippen molar-refractivity contribution in [3.05, 3.63) is 54.1 Å². The highest BCUT2D eigenvalue weighted by Gasteiger charge is 2.40. The fourth-order valence-electron chi connectivity index (χ4n) is 4.04. The zero-order valence-electron chi connectivity index (χ0n) is 18.4. The van der Waals surface area contributed by atoms with Crippen molar-refractivity contribution in [1.82, 2.24) is 24.1 Å². The topological polar surface area (TPSA) is 84.2 Å². The van der Waals surface area contributed by atoms with Crippen LogP contribution in [0.25, 0.3) is 11.1 Å². The van der Waals surface area contributed by atoms with E-state index in [4.69, 9.17) is 4.98 Å². The number of hydrogen-bond acceptors (Lipinski definition) is 6. The number of sulfonamides is 1. The maximum atomic E-state index is 13.7. The van der Waals surface area contributed by atoms with E-state index in [1.54, 1.807) is 28.3 Å². The molecule has 3 heterocycles. The molecule has 1 aliphatic rings. The number of rotatable bonds is 6. The molecule has 0 saturated carbocycles. The molecular formula is C22H28N6O2S. The summed E-state index contributed by atoms with van der Waals surface area (Å²) < 4.78 is 30.6. The molecule has 1 aromatic carbocycles. The van der Waals surface area contributed by atoms with Crippen LogP contribution in [0.1, 0.15) is 37.2 Å². The van der Waals surface area contributed by atoms with Crippen molar-refractivity contribution < 1.29 is 8.42 Å². The summed E-state index contributed by atoms with van der Waals surface area (Å²) in [5.74, 6) is 0.564. The number of benzene rings is 1. The standard InChI is InChI=1S/C22H28N6O2S/c1-5-27-15-20(16(2)25-27)31(29,30)28-13-9-12-19(28)21-18(17-10-7-6-8-11-17)14-23-22(24-21)26(3)4/h6-8,10-11,14-15,19H,5,9,12-13H2,1-4H3/t19-/m0/s1. The van der Waals surface area contributed by atoms with E-state index in [1.807, 2.05) is 56.3 Å². The van der Waals surface area contributed by atoms with Gasteiger partial charge in [-0.2, -0.15) is 9.40 Å². The molecule has 0 amide bonds. The normalized spacial score (nSPS) is 17.2. The van der Waals surface area contributed by atoms with Crippen LogP contribution in [0.5, 0.6) is 0 Å². The summed E-state index contributed by atoms with van der Waals surface area (Å²) in [6.45, 7) is 4.76. The van der Waals surface area contributed by atoms with Gasteiger partial charge in [0.15, 0.2) is 0 Å². The zero-order valence-corrected chi connectivity index (χ0v) is 19.2. The summed E-state index contributed by atoms with van der Waals surface area (Å²) in [7, 11) is 0.0518. The van der Waals surface area contributed by atoms with Gasteiger partial charge in [-0.05, 0) is 32.3 Å². The average Bonchev–Trinajstić information content (AvgIpc) is 3.41. The van der Waals surface area contributed by atoms with Crippen LogP contribution in [0, 0.1) is 6.92 Å². The molecule has 0 N–H and O–H groups in total. The highest BCUT2D eigenvalue weighted by Crippen LogP contribution is 2.40. The van der Waals surface area contributed by atoms with Gasteiger partial charge in [0.2, 0.25) is 16.0 Å². The molecule has 9 heteroatoms. The first-order valence-electron chi connectivity index (χ1n) is 10.5. The van der Waals surface area contributed by atoms with E-state index in [2.05, 4.69) is 10.1 Å². The molecule has 3 aromatic rings. The number of anilines is 1. The minimum atomic E-state index is -3.71. The maximum absolute atomic E-state index is 13.7. The molecule has 1 aliphatic heterocycles. The summed E-state index contributed by atoms with van der Waals surface area (Å²) in [5, 5.41) is 4.35. The van der Waals surface area contributed by atoms with Crippen LogP contribution in [0.3, 0.4) is 0 Å². The monoisotopic (exact) mass is 440 g/mol. The summed E-state index contributed by atoms with van der Waals surface area (Å²) >= 11 is 0. The first kappa shape index (κ1) is 21.5. The Bertz CT molecular complexity index is 1170. The highest BCUT2D eigenvalue weighted by atomic mass is 32.2. The Morgan fingerprint density at radius 2 is 1.94 bits per heavy atom. The van der Waals surface area contributed by atoms with Crippen LogP contribution in [0.4, 0.5) is 5.95 Å². The SMILES string of the molecule is CCn1cc(S(=O)(=O)N2CCC[C@H]2c2nc(N(C)C)ncc2-c2ccccc2)c(C)n1. The van der Waals surface area contributed by atoms with Crippen LogP contribution in [-0.4, -0.2) is 53.1 Å². The molecular weight excluding hydrogens is 412 g/mol. The molecule has 0 aliphatic carbocycles. The third kappa shape index (κ3) is 3.95. The van der Waals surface area contributed by atoms with Crippen LogP contribution in [0.2, 0.25) is 0 Å². The van der Waals surface area contributed by atoms with Gasteiger partial charge in [-0.1, -0.05) is 30.3 Å². The van der Waals surface area contributed by atoms with Crippen molar-refractivity contribution in [2.24, 2.45) is 0 Å². The molecule has 2 aromatic heterocycles. The van der Waals surface area contributed by atoms with Crippen molar-refractivity contribution in [2.45, 2.75) is 44.2 Å². The van der Waals surface area contributed by atoms with Gasteiger partial charge in [0.1, 0.15) is 4.90 Å². The number of nitrogens with zero attached hydrogens (tertiary/aromatic N) is 6. The Morgan fingerprint density at radius 1 is 1.19 bits per heavy atom. The Kier molecular flexibility index (Phi) is 5.81. The first-order valence-corrected chi connectivity index (χ1v) is 11.9. The van der Waals surface area contributed by atoms with Gasteiger partial charge in [0, 0.05) is 45.1 Å². The molecule has 31 heavy (non-hydrogen) atoms. The minimum Gasteiger partial charge on any atom is -0.347 e. The molecule has 8 nitrogen and oxygen atoms in total. The van der Waals surface area contributed by atoms with Gasteiger partial charge in [0.25, 0.3) is 0 Å². The van der Waals surface area contributed by atoms with Crippen molar-refractivity contribution >= 4 is 16.0 Å². The third-order valence-electron chi connectivity index (χ3n) is 5.62. The van der Waals surface area contributed by atoms with E-state index < -0.39 is 10.0 Å². The van der Waals surface area contributed by atoms with Crippen molar-refractivity contribution in [2.75, 3.05) is 25.5 Å². The molecule has 1 atom stereocenters. The molecule has 1 saturated heterocycles. The molecule has 0 unspecified atom stereocenters. The highest BCUT2D eigenvalue weighted by molar-refractivity contribution is 7.89.